The third kappa shape index (κ3) is 2.93. The van der Waals surface area contributed by atoms with Crippen molar-refractivity contribution in [1.82, 2.24) is 0 Å². The number of rotatable bonds is 3. The molecule has 2 aromatic carbocycles. The summed E-state index contributed by atoms with van der Waals surface area (Å²) < 4.78 is 0. The quantitative estimate of drug-likeness (QED) is 0.841. The fraction of sp³-hybridized carbons (Fsp3) is 0.0714. The van der Waals surface area contributed by atoms with E-state index in [4.69, 9.17) is 23.2 Å². The van der Waals surface area contributed by atoms with Gasteiger partial charge in [0.25, 0.3) is 0 Å². The van der Waals surface area contributed by atoms with Crippen LogP contribution in [0, 0.1) is 6.92 Å². The second-order valence-corrected chi connectivity index (χ2v) is 4.53. The third-order valence-electron chi connectivity index (χ3n) is 2.53. The number of hydrogen-bond donors (Lipinski definition) is 1. The van der Waals surface area contributed by atoms with Crippen molar-refractivity contribution in [2.75, 3.05) is 5.32 Å². The molecule has 1 N–H and O–H groups in total. The molecule has 0 saturated carbocycles. The van der Waals surface area contributed by atoms with Gasteiger partial charge in [-0.1, -0.05) is 47.5 Å². The zero-order chi connectivity index (χ0) is 12.3. The van der Waals surface area contributed by atoms with E-state index in [0.29, 0.717) is 16.6 Å². The van der Waals surface area contributed by atoms with E-state index in [1.165, 1.54) is 0 Å². The largest absolute Gasteiger partial charge is 0.381 e. The van der Waals surface area contributed by atoms with Gasteiger partial charge in [-0.05, 0) is 30.7 Å². The van der Waals surface area contributed by atoms with Crippen LogP contribution in [0.1, 0.15) is 11.1 Å². The number of nitrogens with one attached hydrogen (secondary N) is 1. The Hall–Kier alpha value is -1.18. The summed E-state index contributed by atoms with van der Waals surface area (Å²) >= 11 is 12.2. The monoisotopic (exact) mass is 264 g/mol. The Balaban J connectivity index is 2.16. The molecule has 0 atom stereocenters. The molecule has 2 rings (SSSR count). The molecule has 0 amide bonds. The Morgan fingerprint density at radius 2 is 1.59 bits per heavy atom. The Labute approximate surface area is 111 Å². The fourth-order valence-corrected chi connectivity index (χ4v) is 2.11. The van der Waals surface area contributed by atoms with E-state index in [9.17, 15) is 0 Å². The Kier molecular flexibility index (Phi) is 3.93. The van der Waals surface area contributed by atoms with Crippen LogP contribution < -0.4 is 5.32 Å². The molecular formula is C14H12Cl2N. The first-order valence-corrected chi connectivity index (χ1v) is 6.02. The maximum Gasteiger partial charge on any atom is 0.0470 e. The third-order valence-corrected chi connectivity index (χ3v) is 3.24. The minimum atomic E-state index is 0.588. The van der Waals surface area contributed by atoms with Gasteiger partial charge in [-0.3, -0.25) is 0 Å². The van der Waals surface area contributed by atoms with E-state index in [2.05, 4.69) is 12.2 Å². The van der Waals surface area contributed by atoms with E-state index in [1.807, 2.05) is 42.5 Å². The molecule has 0 aromatic heterocycles. The van der Waals surface area contributed by atoms with Crippen molar-refractivity contribution in [3.05, 3.63) is 70.6 Å². The van der Waals surface area contributed by atoms with Crippen molar-refractivity contribution in [1.29, 1.82) is 0 Å². The summed E-state index contributed by atoms with van der Waals surface area (Å²) in [6, 6.07) is 13.4. The number of benzene rings is 2. The van der Waals surface area contributed by atoms with Crippen LogP contribution >= 0.6 is 23.2 Å². The smallest absolute Gasteiger partial charge is 0.0470 e. The first-order chi connectivity index (χ1) is 8.18. The summed E-state index contributed by atoms with van der Waals surface area (Å²) in [7, 11) is 0. The average Bonchev–Trinajstić information content (AvgIpc) is 2.30. The number of hydrogen-bond acceptors (Lipinski definition) is 1. The zero-order valence-corrected chi connectivity index (χ0v) is 10.7. The minimum absolute atomic E-state index is 0.588. The lowest BCUT2D eigenvalue weighted by Crippen LogP contribution is -2.02. The summed E-state index contributed by atoms with van der Waals surface area (Å²) in [4.78, 5) is 0. The zero-order valence-electron chi connectivity index (χ0n) is 9.21. The standard InChI is InChI=1S/C14H12Cl2N/c1-10-5-2-3-8-14(10)17-9-11-12(15)6-4-7-13(11)16/h2-8,17H,1,9H2. The molecule has 87 valence electrons. The van der Waals surface area contributed by atoms with E-state index < -0.39 is 0 Å². The van der Waals surface area contributed by atoms with Gasteiger partial charge in [0.1, 0.15) is 0 Å². The highest BCUT2D eigenvalue weighted by atomic mass is 35.5. The number of anilines is 1. The molecule has 0 heterocycles. The van der Waals surface area contributed by atoms with Crippen molar-refractivity contribution < 1.29 is 0 Å². The van der Waals surface area contributed by atoms with Gasteiger partial charge in [-0.15, -0.1) is 0 Å². The molecular weight excluding hydrogens is 253 g/mol. The minimum Gasteiger partial charge on any atom is -0.381 e. The highest BCUT2D eigenvalue weighted by Crippen LogP contribution is 2.25. The molecule has 0 aliphatic heterocycles. The summed E-state index contributed by atoms with van der Waals surface area (Å²) in [6.07, 6.45) is 0. The molecule has 0 bridgehead atoms. The second kappa shape index (κ2) is 5.44. The van der Waals surface area contributed by atoms with E-state index in [-0.39, 0.29) is 0 Å². The predicted molar refractivity (Wildman–Crippen MR) is 74.7 cm³/mol. The van der Waals surface area contributed by atoms with Gasteiger partial charge in [0.2, 0.25) is 0 Å². The molecule has 2 aromatic rings. The Morgan fingerprint density at radius 3 is 2.24 bits per heavy atom. The van der Waals surface area contributed by atoms with Gasteiger partial charge in [0, 0.05) is 27.8 Å². The molecule has 0 aliphatic rings. The van der Waals surface area contributed by atoms with E-state index in [0.717, 1.165) is 16.8 Å². The predicted octanol–water partition coefficient (Wildman–Crippen LogP) is 4.79. The molecule has 0 spiro atoms. The summed E-state index contributed by atoms with van der Waals surface area (Å²) in [5.41, 5.74) is 2.85. The van der Waals surface area contributed by atoms with Crippen LogP contribution in [-0.2, 0) is 6.54 Å². The van der Waals surface area contributed by atoms with Gasteiger partial charge in [0.05, 0.1) is 0 Å². The molecule has 0 unspecified atom stereocenters. The first kappa shape index (κ1) is 12.3. The van der Waals surface area contributed by atoms with Crippen LogP contribution in [0.3, 0.4) is 0 Å². The first-order valence-electron chi connectivity index (χ1n) is 5.26. The molecule has 0 fully saturated rings. The van der Waals surface area contributed by atoms with Gasteiger partial charge in [0.15, 0.2) is 0 Å². The van der Waals surface area contributed by atoms with Crippen molar-refractivity contribution in [3.8, 4) is 0 Å². The van der Waals surface area contributed by atoms with Crippen LogP contribution in [0.2, 0.25) is 10.0 Å². The van der Waals surface area contributed by atoms with Gasteiger partial charge in [-0.25, -0.2) is 0 Å². The molecule has 1 nitrogen and oxygen atoms in total. The van der Waals surface area contributed by atoms with Crippen LogP contribution in [0.4, 0.5) is 5.69 Å². The van der Waals surface area contributed by atoms with Crippen LogP contribution in [0.25, 0.3) is 0 Å². The van der Waals surface area contributed by atoms with E-state index in [1.54, 1.807) is 0 Å². The van der Waals surface area contributed by atoms with E-state index >= 15 is 0 Å². The lowest BCUT2D eigenvalue weighted by molar-refractivity contribution is 1.15. The fourth-order valence-electron chi connectivity index (χ4n) is 1.58. The molecule has 17 heavy (non-hydrogen) atoms. The number of para-hydroxylation sites is 1. The average molecular weight is 265 g/mol. The second-order valence-electron chi connectivity index (χ2n) is 3.71. The Morgan fingerprint density at radius 1 is 0.941 bits per heavy atom. The lowest BCUT2D eigenvalue weighted by atomic mass is 10.2. The van der Waals surface area contributed by atoms with Crippen LogP contribution in [-0.4, -0.2) is 0 Å². The van der Waals surface area contributed by atoms with Crippen molar-refractivity contribution in [2.45, 2.75) is 6.54 Å². The van der Waals surface area contributed by atoms with Crippen LogP contribution in [0.5, 0.6) is 0 Å². The van der Waals surface area contributed by atoms with Crippen LogP contribution in [0.15, 0.2) is 42.5 Å². The highest BCUT2D eigenvalue weighted by Gasteiger charge is 2.05. The summed E-state index contributed by atoms with van der Waals surface area (Å²) in [5, 5.41) is 4.62. The van der Waals surface area contributed by atoms with Gasteiger partial charge < -0.3 is 5.32 Å². The molecule has 0 aliphatic carbocycles. The summed E-state index contributed by atoms with van der Waals surface area (Å²) in [6.45, 7) is 4.54. The topological polar surface area (TPSA) is 12.0 Å². The SMILES string of the molecule is [CH2]c1ccccc1NCc1c(Cl)cccc1Cl. The summed E-state index contributed by atoms with van der Waals surface area (Å²) in [5.74, 6) is 0. The van der Waals surface area contributed by atoms with Gasteiger partial charge in [-0.2, -0.15) is 0 Å². The van der Waals surface area contributed by atoms with Crippen molar-refractivity contribution in [3.63, 3.8) is 0 Å². The maximum atomic E-state index is 6.10. The molecule has 3 heteroatoms. The lowest BCUT2D eigenvalue weighted by Gasteiger charge is -2.11. The molecule has 1 radical (unpaired) electrons. The highest BCUT2D eigenvalue weighted by molar-refractivity contribution is 6.36. The van der Waals surface area contributed by atoms with Crippen molar-refractivity contribution in [2.24, 2.45) is 0 Å². The normalized spacial score (nSPS) is 10.3. The molecule has 0 saturated heterocycles. The Bertz CT molecular complexity index is 503. The van der Waals surface area contributed by atoms with Crippen molar-refractivity contribution >= 4 is 28.9 Å². The maximum absolute atomic E-state index is 6.10. The van der Waals surface area contributed by atoms with Gasteiger partial charge >= 0.3 is 0 Å². The number of halogens is 2.